The third-order valence-electron chi connectivity index (χ3n) is 5.12. The Hall–Kier alpha value is -2.60. The van der Waals surface area contributed by atoms with Crippen molar-refractivity contribution >= 4 is 6.08 Å². The first-order chi connectivity index (χ1) is 12.4. The van der Waals surface area contributed by atoms with Gasteiger partial charge < -0.3 is 0 Å². The molecule has 0 amide bonds. The predicted octanol–water partition coefficient (Wildman–Crippen LogP) is 7.15. The smallest absolute Gasteiger partial charge is 0.00576 e. The van der Waals surface area contributed by atoms with Gasteiger partial charge in [0, 0.05) is 0 Å². The van der Waals surface area contributed by atoms with Gasteiger partial charge in [-0.1, -0.05) is 97.8 Å². The molecule has 124 valence electrons. The zero-order chi connectivity index (χ0) is 17.1. The lowest BCUT2D eigenvalue weighted by atomic mass is 9.91. The summed E-state index contributed by atoms with van der Waals surface area (Å²) < 4.78 is 0. The van der Waals surface area contributed by atoms with Crippen molar-refractivity contribution in [3.63, 3.8) is 0 Å². The average molecular weight is 324 g/mol. The first kappa shape index (κ1) is 15.9. The topological polar surface area (TPSA) is 0 Å². The van der Waals surface area contributed by atoms with Crippen LogP contribution in [-0.2, 0) is 6.42 Å². The van der Waals surface area contributed by atoms with Gasteiger partial charge in [0.25, 0.3) is 0 Å². The van der Waals surface area contributed by atoms with Gasteiger partial charge in [-0.25, -0.2) is 0 Å². The molecule has 0 radical (unpaired) electrons. The fraction of sp³-hybridized carbons (Fsp3) is 0.200. The molecule has 0 aromatic heterocycles. The van der Waals surface area contributed by atoms with Crippen LogP contribution in [0.15, 0.2) is 78.4 Å². The molecule has 3 aromatic rings. The molecular formula is C25H24. The van der Waals surface area contributed by atoms with Crippen LogP contribution in [0.4, 0.5) is 0 Å². The third kappa shape index (κ3) is 3.17. The third-order valence-corrected chi connectivity index (χ3v) is 5.12. The van der Waals surface area contributed by atoms with E-state index in [9.17, 15) is 0 Å². The molecule has 0 saturated carbocycles. The van der Waals surface area contributed by atoms with Gasteiger partial charge in [0.15, 0.2) is 0 Å². The Morgan fingerprint density at radius 1 is 0.720 bits per heavy atom. The molecule has 0 saturated heterocycles. The Balaban J connectivity index is 1.81. The summed E-state index contributed by atoms with van der Waals surface area (Å²) in [6.07, 6.45) is 7.34. The maximum Gasteiger partial charge on any atom is -0.00576 e. The molecule has 0 N–H and O–H groups in total. The monoisotopic (exact) mass is 324 g/mol. The lowest BCUT2D eigenvalue weighted by Gasteiger charge is -2.13. The van der Waals surface area contributed by atoms with E-state index in [1.54, 1.807) is 5.57 Å². The van der Waals surface area contributed by atoms with Crippen molar-refractivity contribution in [2.75, 3.05) is 0 Å². The molecule has 0 unspecified atom stereocenters. The second-order valence-electron chi connectivity index (χ2n) is 6.87. The van der Waals surface area contributed by atoms with Gasteiger partial charge in [-0.15, -0.1) is 0 Å². The van der Waals surface area contributed by atoms with E-state index in [1.165, 1.54) is 52.6 Å². The summed E-state index contributed by atoms with van der Waals surface area (Å²) in [5.74, 6) is 0. The van der Waals surface area contributed by atoms with E-state index in [2.05, 4.69) is 85.8 Å². The lowest BCUT2D eigenvalue weighted by molar-refractivity contribution is 0.779. The zero-order valence-corrected chi connectivity index (χ0v) is 14.8. The van der Waals surface area contributed by atoms with Crippen molar-refractivity contribution in [2.24, 2.45) is 0 Å². The number of hydrogen-bond acceptors (Lipinski definition) is 0. The quantitative estimate of drug-likeness (QED) is 0.467. The van der Waals surface area contributed by atoms with Gasteiger partial charge in [0.1, 0.15) is 0 Å². The normalized spacial score (nSPS) is 12.8. The maximum absolute atomic E-state index is 2.45. The molecule has 1 aliphatic carbocycles. The van der Waals surface area contributed by atoms with Crippen molar-refractivity contribution in [3.8, 4) is 22.3 Å². The second-order valence-corrected chi connectivity index (χ2v) is 6.87. The Morgan fingerprint density at radius 3 is 2.24 bits per heavy atom. The molecule has 3 aromatic carbocycles. The minimum absolute atomic E-state index is 1.12. The Bertz CT molecular complexity index is 900. The summed E-state index contributed by atoms with van der Waals surface area (Å²) in [6.45, 7) is 2.27. The Morgan fingerprint density at radius 2 is 1.44 bits per heavy atom. The number of rotatable bonds is 5. The number of fused-ring (bicyclic) bond motifs is 1. The zero-order valence-electron chi connectivity index (χ0n) is 14.8. The SMILES string of the molecule is CCCCC1=Cc2c(cccc2-c2ccccc2-c2ccccc2)C1. The Labute approximate surface area is 150 Å². The van der Waals surface area contributed by atoms with Crippen LogP contribution in [-0.4, -0.2) is 0 Å². The van der Waals surface area contributed by atoms with Crippen LogP contribution >= 0.6 is 0 Å². The molecular weight excluding hydrogens is 300 g/mol. The first-order valence-electron chi connectivity index (χ1n) is 9.33. The van der Waals surface area contributed by atoms with Crippen LogP contribution in [0.5, 0.6) is 0 Å². The van der Waals surface area contributed by atoms with Gasteiger partial charge in [-0.2, -0.15) is 0 Å². The van der Waals surface area contributed by atoms with Crippen molar-refractivity contribution < 1.29 is 0 Å². The molecule has 1 aliphatic rings. The minimum atomic E-state index is 1.12. The second kappa shape index (κ2) is 7.11. The minimum Gasteiger partial charge on any atom is -0.0654 e. The molecule has 0 nitrogen and oxygen atoms in total. The molecule has 0 spiro atoms. The maximum atomic E-state index is 2.45. The van der Waals surface area contributed by atoms with E-state index >= 15 is 0 Å². The fourth-order valence-electron chi connectivity index (χ4n) is 3.82. The van der Waals surface area contributed by atoms with Crippen LogP contribution in [0.1, 0.15) is 37.3 Å². The standard InChI is InChI=1S/C25H24/c1-2-3-10-19-17-21-13-9-16-24(25(21)18-19)23-15-8-7-14-22(23)20-11-5-4-6-12-20/h4-9,11-16,18H,2-3,10,17H2,1H3. The summed E-state index contributed by atoms with van der Waals surface area (Å²) in [7, 11) is 0. The largest absolute Gasteiger partial charge is 0.0654 e. The van der Waals surface area contributed by atoms with E-state index in [0.717, 1.165) is 6.42 Å². The summed E-state index contributed by atoms with van der Waals surface area (Å²) in [5, 5.41) is 0. The molecule has 4 rings (SSSR count). The van der Waals surface area contributed by atoms with Gasteiger partial charge >= 0.3 is 0 Å². The van der Waals surface area contributed by atoms with E-state index in [1.807, 2.05) is 0 Å². The molecule has 0 aliphatic heterocycles. The molecule has 0 heterocycles. The van der Waals surface area contributed by atoms with E-state index in [0.29, 0.717) is 0 Å². The van der Waals surface area contributed by atoms with Crippen molar-refractivity contribution in [2.45, 2.75) is 32.6 Å². The van der Waals surface area contributed by atoms with Crippen molar-refractivity contribution in [1.29, 1.82) is 0 Å². The van der Waals surface area contributed by atoms with Crippen LogP contribution in [0.25, 0.3) is 28.3 Å². The summed E-state index contributed by atoms with van der Waals surface area (Å²) in [4.78, 5) is 0. The van der Waals surface area contributed by atoms with Gasteiger partial charge in [0.2, 0.25) is 0 Å². The van der Waals surface area contributed by atoms with E-state index in [-0.39, 0.29) is 0 Å². The number of hydrogen-bond donors (Lipinski definition) is 0. The lowest BCUT2D eigenvalue weighted by Crippen LogP contribution is -1.90. The highest BCUT2D eigenvalue weighted by molar-refractivity contribution is 5.89. The van der Waals surface area contributed by atoms with Gasteiger partial charge in [-0.3, -0.25) is 0 Å². The summed E-state index contributed by atoms with van der Waals surface area (Å²) in [6, 6.07) is 26.3. The van der Waals surface area contributed by atoms with Crippen LogP contribution in [0.2, 0.25) is 0 Å². The Kier molecular flexibility index (Phi) is 4.52. The summed E-state index contributed by atoms with van der Waals surface area (Å²) in [5.41, 5.74) is 9.78. The number of unbranched alkanes of at least 4 members (excludes halogenated alkanes) is 1. The first-order valence-corrected chi connectivity index (χ1v) is 9.33. The molecule has 0 atom stereocenters. The molecule has 25 heavy (non-hydrogen) atoms. The molecule has 0 bridgehead atoms. The highest BCUT2D eigenvalue weighted by Crippen LogP contribution is 2.39. The molecule has 0 heteroatoms. The predicted molar refractivity (Wildman–Crippen MR) is 109 cm³/mol. The van der Waals surface area contributed by atoms with E-state index in [4.69, 9.17) is 0 Å². The summed E-state index contributed by atoms with van der Waals surface area (Å²) >= 11 is 0. The number of allylic oxidation sites excluding steroid dienone is 1. The highest BCUT2D eigenvalue weighted by Gasteiger charge is 2.17. The van der Waals surface area contributed by atoms with E-state index < -0.39 is 0 Å². The van der Waals surface area contributed by atoms with Crippen molar-refractivity contribution in [3.05, 3.63) is 89.5 Å². The van der Waals surface area contributed by atoms with Crippen LogP contribution in [0, 0.1) is 0 Å². The fourth-order valence-corrected chi connectivity index (χ4v) is 3.82. The average Bonchev–Trinajstić information content (AvgIpc) is 3.10. The number of benzene rings is 3. The van der Waals surface area contributed by atoms with Crippen molar-refractivity contribution in [1.82, 2.24) is 0 Å². The van der Waals surface area contributed by atoms with Gasteiger partial charge in [0.05, 0.1) is 0 Å². The highest BCUT2D eigenvalue weighted by atomic mass is 14.2. The molecule has 0 fully saturated rings. The van der Waals surface area contributed by atoms with Crippen LogP contribution < -0.4 is 0 Å². The van der Waals surface area contributed by atoms with Gasteiger partial charge in [-0.05, 0) is 52.6 Å². The van der Waals surface area contributed by atoms with Crippen LogP contribution in [0.3, 0.4) is 0 Å².